The molecule has 0 fully saturated rings. The van der Waals surface area contributed by atoms with Gasteiger partial charge in [-0.15, -0.1) is 0 Å². The molecule has 1 N–H and O–H groups in total. The molecule has 1 atom stereocenters. The Morgan fingerprint density at radius 3 is 2.42 bits per heavy atom. The number of ether oxygens (including phenoxy) is 1. The molecule has 2 heterocycles. The van der Waals surface area contributed by atoms with Crippen molar-refractivity contribution in [3.05, 3.63) is 134 Å². The Balaban J connectivity index is 1.63. The van der Waals surface area contributed by atoms with Gasteiger partial charge in [-0.2, -0.15) is 0 Å². The van der Waals surface area contributed by atoms with Gasteiger partial charge < -0.3 is 10.1 Å². The second-order valence-corrected chi connectivity index (χ2v) is 12.6. The minimum atomic E-state index is -0.613. The van der Waals surface area contributed by atoms with Crippen molar-refractivity contribution in [1.82, 2.24) is 4.57 Å². The quantitative estimate of drug-likeness (QED) is 0.187. The van der Waals surface area contributed by atoms with Gasteiger partial charge in [0.25, 0.3) is 11.5 Å². The molecule has 1 unspecified atom stereocenters. The van der Waals surface area contributed by atoms with Gasteiger partial charge in [0.1, 0.15) is 12.4 Å². The van der Waals surface area contributed by atoms with Gasteiger partial charge in [-0.05, 0) is 100 Å². The number of thiazole rings is 1. The van der Waals surface area contributed by atoms with Crippen molar-refractivity contribution >= 4 is 74.2 Å². The predicted molar refractivity (Wildman–Crippen MR) is 178 cm³/mol. The summed E-state index contributed by atoms with van der Waals surface area (Å²) in [7, 11) is 0. The van der Waals surface area contributed by atoms with E-state index in [2.05, 4.69) is 57.1 Å². The van der Waals surface area contributed by atoms with Gasteiger partial charge >= 0.3 is 0 Å². The Kier molecular flexibility index (Phi) is 8.71. The summed E-state index contributed by atoms with van der Waals surface area (Å²) in [6.45, 7) is 7.97. The summed E-state index contributed by atoms with van der Waals surface area (Å²) in [4.78, 5) is 32.9. The number of para-hydroxylation sites is 1. The Morgan fingerprint density at radius 1 is 1.10 bits per heavy atom. The number of halogens is 2. The van der Waals surface area contributed by atoms with Crippen LogP contribution in [-0.4, -0.2) is 17.1 Å². The first-order chi connectivity index (χ1) is 19.3. The molecule has 1 amide bonds. The normalized spacial score (nSPS) is 14.9. The van der Waals surface area contributed by atoms with Crippen LogP contribution in [0.4, 0.5) is 5.69 Å². The number of nitrogens with zero attached hydrogens (tertiary/aromatic N) is 2. The third-order valence-corrected chi connectivity index (χ3v) is 8.94. The molecule has 5 rings (SSSR count). The van der Waals surface area contributed by atoms with Gasteiger partial charge in [0.2, 0.25) is 0 Å². The molecule has 1 aliphatic rings. The van der Waals surface area contributed by atoms with Crippen molar-refractivity contribution in [3.8, 4) is 5.75 Å². The molecule has 40 heavy (non-hydrogen) atoms. The number of anilines is 1. The maximum Gasteiger partial charge on any atom is 0.271 e. The zero-order valence-electron chi connectivity index (χ0n) is 21.8. The van der Waals surface area contributed by atoms with E-state index in [-0.39, 0.29) is 11.5 Å². The standard InChI is InChI=1S/C31H25I2N3O3S/c1-4-14-39-28-23(32)15-20(16-24(28)33)17-25-30(38)36-27(21-12-10-18(2)11-13-21)26(19(3)34-31(36)40-25)29(37)35-22-8-6-5-7-9-22/h4-13,15-17,27H,1,14H2,2-3H3,(H,35,37)/b25-17-. The zero-order chi connectivity index (χ0) is 28.4. The summed E-state index contributed by atoms with van der Waals surface area (Å²) in [6.07, 6.45) is 3.59. The molecule has 6 nitrogen and oxygen atoms in total. The molecule has 0 aliphatic carbocycles. The van der Waals surface area contributed by atoms with Gasteiger partial charge in [0.15, 0.2) is 4.80 Å². The molecule has 0 spiro atoms. The first-order valence-corrected chi connectivity index (χ1v) is 15.4. The van der Waals surface area contributed by atoms with Crippen LogP contribution in [0, 0.1) is 14.1 Å². The number of benzene rings is 3. The molecular weight excluding hydrogens is 748 g/mol. The Hall–Kier alpha value is -3.03. The van der Waals surface area contributed by atoms with E-state index in [4.69, 9.17) is 9.73 Å². The average molecular weight is 773 g/mol. The lowest BCUT2D eigenvalue weighted by Gasteiger charge is -2.25. The number of aryl methyl sites for hydroxylation is 1. The molecule has 0 saturated heterocycles. The maximum atomic E-state index is 14.0. The van der Waals surface area contributed by atoms with Crippen LogP contribution in [0.25, 0.3) is 6.08 Å². The van der Waals surface area contributed by atoms with Gasteiger partial charge in [0.05, 0.1) is 29.0 Å². The summed E-state index contributed by atoms with van der Waals surface area (Å²) in [5, 5.41) is 2.99. The lowest BCUT2D eigenvalue weighted by Crippen LogP contribution is -2.40. The molecule has 0 radical (unpaired) electrons. The smallest absolute Gasteiger partial charge is 0.271 e. The molecule has 0 bridgehead atoms. The number of hydrogen-bond donors (Lipinski definition) is 1. The molecule has 4 aromatic rings. The lowest BCUT2D eigenvalue weighted by molar-refractivity contribution is -0.113. The second kappa shape index (κ2) is 12.2. The second-order valence-electron chi connectivity index (χ2n) is 9.23. The van der Waals surface area contributed by atoms with Crippen molar-refractivity contribution in [2.75, 3.05) is 11.9 Å². The number of amides is 1. The minimum Gasteiger partial charge on any atom is -0.487 e. The Bertz CT molecular complexity index is 1800. The summed E-state index contributed by atoms with van der Waals surface area (Å²) < 4.78 is 9.88. The fourth-order valence-corrected chi connectivity index (χ4v) is 7.66. The number of nitrogens with one attached hydrogen (secondary N) is 1. The number of hydrogen-bond acceptors (Lipinski definition) is 5. The molecule has 0 saturated carbocycles. The van der Waals surface area contributed by atoms with E-state index in [1.807, 2.05) is 86.7 Å². The first kappa shape index (κ1) is 28.5. The number of carbonyl (C=O) groups excluding carboxylic acids is 1. The van der Waals surface area contributed by atoms with E-state index in [1.165, 1.54) is 11.3 Å². The highest BCUT2D eigenvalue weighted by Crippen LogP contribution is 2.32. The molecule has 1 aromatic heterocycles. The first-order valence-electron chi connectivity index (χ1n) is 12.4. The van der Waals surface area contributed by atoms with E-state index in [0.717, 1.165) is 29.6 Å². The van der Waals surface area contributed by atoms with E-state index in [1.54, 1.807) is 10.6 Å². The number of carbonyl (C=O) groups is 1. The molecule has 9 heteroatoms. The third kappa shape index (κ3) is 5.86. The largest absolute Gasteiger partial charge is 0.487 e. The van der Waals surface area contributed by atoms with E-state index in [0.29, 0.717) is 32.9 Å². The molecule has 3 aromatic carbocycles. The van der Waals surface area contributed by atoms with Crippen molar-refractivity contribution in [1.29, 1.82) is 0 Å². The van der Waals surface area contributed by atoms with Crippen molar-refractivity contribution in [2.45, 2.75) is 19.9 Å². The Labute approximate surface area is 263 Å². The van der Waals surface area contributed by atoms with Crippen LogP contribution in [0.15, 0.2) is 100 Å². The molecular formula is C31H25I2N3O3S. The highest BCUT2D eigenvalue weighted by molar-refractivity contribution is 14.1. The average Bonchev–Trinajstić information content (AvgIpc) is 3.22. The van der Waals surface area contributed by atoms with Crippen molar-refractivity contribution < 1.29 is 9.53 Å². The number of fused-ring (bicyclic) bond motifs is 1. The van der Waals surface area contributed by atoms with Crippen LogP contribution in [0.2, 0.25) is 0 Å². The van der Waals surface area contributed by atoms with Crippen LogP contribution in [-0.2, 0) is 4.79 Å². The van der Waals surface area contributed by atoms with Crippen molar-refractivity contribution in [2.24, 2.45) is 4.99 Å². The summed E-state index contributed by atoms with van der Waals surface area (Å²) >= 11 is 5.80. The lowest BCUT2D eigenvalue weighted by atomic mass is 9.94. The summed E-state index contributed by atoms with van der Waals surface area (Å²) in [5.74, 6) is 0.510. The SMILES string of the molecule is C=CCOc1c(I)cc(/C=c2\sc3n(c2=O)C(c2ccc(C)cc2)C(C(=O)Nc2ccccc2)=C(C)N=3)cc1I. The summed E-state index contributed by atoms with van der Waals surface area (Å²) in [6, 6.07) is 20.6. The van der Waals surface area contributed by atoms with Crippen LogP contribution < -0.4 is 24.9 Å². The highest BCUT2D eigenvalue weighted by Gasteiger charge is 2.32. The number of rotatable bonds is 7. The fraction of sp³-hybridized carbons (Fsp3) is 0.129. The van der Waals surface area contributed by atoms with Gasteiger partial charge in [-0.3, -0.25) is 14.2 Å². The predicted octanol–water partition coefficient (Wildman–Crippen LogP) is 5.96. The summed E-state index contributed by atoms with van der Waals surface area (Å²) in [5.41, 5.74) is 4.34. The monoisotopic (exact) mass is 773 g/mol. The van der Waals surface area contributed by atoms with E-state index < -0.39 is 6.04 Å². The van der Waals surface area contributed by atoms with E-state index in [9.17, 15) is 9.59 Å². The topological polar surface area (TPSA) is 72.7 Å². The van der Waals surface area contributed by atoms with Crippen molar-refractivity contribution in [3.63, 3.8) is 0 Å². The number of aromatic nitrogens is 1. The number of allylic oxidation sites excluding steroid dienone is 1. The zero-order valence-corrected chi connectivity index (χ0v) is 26.9. The molecule has 1 aliphatic heterocycles. The fourth-order valence-electron chi connectivity index (χ4n) is 4.49. The third-order valence-electron chi connectivity index (χ3n) is 6.35. The molecule has 202 valence electrons. The van der Waals surface area contributed by atoms with Gasteiger partial charge in [-0.25, -0.2) is 4.99 Å². The van der Waals surface area contributed by atoms with Gasteiger partial charge in [0, 0.05) is 5.69 Å². The van der Waals surface area contributed by atoms with Crippen LogP contribution >= 0.6 is 56.5 Å². The van der Waals surface area contributed by atoms with Gasteiger partial charge in [-0.1, -0.05) is 72.0 Å². The van der Waals surface area contributed by atoms with Crippen LogP contribution in [0.1, 0.15) is 29.7 Å². The van der Waals surface area contributed by atoms with E-state index >= 15 is 0 Å². The van der Waals surface area contributed by atoms with Crippen LogP contribution in [0.3, 0.4) is 0 Å². The maximum absolute atomic E-state index is 14.0. The Morgan fingerprint density at radius 2 is 1.77 bits per heavy atom. The minimum absolute atomic E-state index is 0.191. The highest BCUT2D eigenvalue weighted by atomic mass is 127. The van der Waals surface area contributed by atoms with Crippen LogP contribution in [0.5, 0.6) is 5.75 Å².